The number of H-pyrrole nitrogens is 1. The number of nitrogens with one attached hydrogen (secondary N) is 3. The molecule has 2 saturated heterocycles. The number of fused-ring (bicyclic) bond motifs is 3. The lowest BCUT2D eigenvalue weighted by atomic mass is 9.99. The van der Waals surface area contributed by atoms with Crippen molar-refractivity contribution in [3.63, 3.8) is 0 Å². The maximum Gasteiger partial charge on any atom is 0.202 e. The van der Waals surface area contributed by atoms with Gasteiger partial charge >= 0.3 is 0 Å². The number of nitrogens with zero attached hydrogens (tertiary/aromatic N) is 1. The van der Waals surface area contributed by atoms with Crippen LogP contribution in [-0.2, 0) is 0 Å². The Morgan fingerprint density at radius 3 is 2.96 bits per heavy atom. The van der Waals surface area contributed by atoms with Crippen molar-refractivity contribution in [2.45, 2.75) is 24.5 Å². The number of hydrogen-bond acceptors (Lipinski definition) is 5. The third-order valence-corrected chi connectivity index (χ3v) is 5.60. The van der Waals surface area contributed by atoms with Gasteiger partial charge in [-0.3, -0.25) is 9.89 Å². The summed E-state index contributed by atoms with van der Waals surface area (Å²) in [6, 6.07) is 8.71. The molecule has 23 heavy (non-hydrogen) atoms. The number of aromatic amines is 1. The number of aromatic nitrogens is 2. The van der Waals surface area contributed by atoms with Gasteiger partial charge in [0.2, 0.25) is 5.78 Å². The zero-order chi connectivity index (χ0) is 15.4. The Morgan fingerprint density at radius 1 is 1.26 bits per heavy atom. The van der Waals surface area contributed by atoms with Crippen molar-refractivity contribution in [1.82, 2.24) is 20.8 Å². The van der Waals surface area contributed by atoms with Crippen LogP contribution in [0.2, 0.25) is 0 Å². The standard InChI is InChI=1S/C17H16N4OS/c22-17(16-14-6-11(19-16)7-18-14)15-12-5-9(10-3-4-23-8-10)1-2-13(12)20-21-15/h1-5,8,11,14,16,18-19H,6-7H2,(H,20,21)/t11-,14+,16?/m0/s1. The van der Waals surface area contributed by atoms with Crippen LogP contribution in [0.3, 0.4) is 0 Å². The number of carbonyl (C=O) groups excluding carboxylic acids is 1. The normalized spacial score (nSPS) is 26.2. The minimum absolute atomic E-state index is 0.0819. The van der Waals surface area contributed by atoms with E-state index in [1.165, 1.54) is 5.56 Å². The van der Waals surface area contributed by atoms with Crippen LogP contribution >= 0.6 is 11.3 Å². The topological polar surface area (TPSA) is 69.8 Å². The van der Waals surface area contributed by atoms with Crippen molar-refractivity contribution in [1.29, 1.82) is 0 Å². The lowest BCUT2D eigenvalue weighted by Gasteiger charge is -2.22. The van der Waals surface area contributed by atoms with Gasteiger partial charge in [-0.05, 0) is 46.5 Å². The van der Waals surface area contributed by atoms with Crippen LogP contribution in [-0.4, -0.2) is 40.7 Å². The van der Waals surface area contributed by atoms with E-state index in [9.17, 15) is 4.79 Å². The number of benzene rings is 1. The molecule has 3 aromatic rings. The summed E-state index contributed by atoms with van der Waals surface area (Å²) >= 11 is 1.67. The second-order valence-corrected chi connectivity index (χ2v) is 7.08. The smallest absolute Gasteiger partial charge is 0.202 e. The van der Waals surface area contributed by atoms with E-state index in [0.29, 0.717) is 11.7 Å². The molecule has 2 aliphatic rings. The highest BCUT2D eigenvalue weighted by atomic mass is 32.1. The number of ketones is 1. The minimum Gasteiger partial charge on any atom is -0.310 e. The van der Waals surface area contributed by atoms with Gasteiger partial charge in [0, 0.05) is 24.0 Å². The molecular formula is C17H16N4OS. The molecule has 6 heteroatoms. The lowest BCUT2D eigenvalue weighted by Crippen LogP contribution is -2.52. The lowest BCUT2D eigenvalue weighted by molar-refractivity contribution is 0.0927. The molecule has 2 fully saturated rings. The number of piperazine rings is 1. The average Bonchev–Trinajstić information content (AvgIpc) is 3.36. The second kappa shape index (κ2) is 4.99. The van der Waals surface area contributed by atoms with E-state index in [4.69, 9.17) is 0 Å². The van der Waals surface area contributed by atoms with Crippen molar-refractivity contribution in [3.05, 3.63) is 40.7 Å². The van der Waals surface area contributed by atoms with E-state index in [1.54, 1.807) is 11.3 Å². The van der Waals surface area contributed by atoms with Crippen LogP contribution < -0.4 is 10.6 Å². The molecule has 0 radical (unpaired) electrons. The van der Waals surface area contributed by atoms with Crippen molar-refractivity contribution in [3.8, 4) is 11.1 Å². The molecule has 116 valence electrons. The predicted octanol–water partition coefficient (Wildman–Crippen LogP) is 2.18. The zero-order valence-electron chi connectivity index (χ0n) is 12.4. The van der Waals surface area contributed by atoms with Gasteiger partial charge < -0.3 is 10.6 Å². The second-order valence-electron chi connectivity index (χ2n) is 6.30. The van der Waals surface area contributed by atoms with Gasteiger partial charge in [-0.1, -0.05) is 6.07 Å². The van der Waals surface area contributed by atoms with Crippen LogP contribution in [0.4, 0.5) is 0 Å². The van der Waals surface area contributed by atoms with E-state index in [-0.39, 0.29) is 17.9 Å². The summed E-state index contributed by atoms with van der Waals surface area (Å²) in [5.41, 5.74) is 3.75. The highest BCUT2D eigenvalue weighted by Gasteiger charge is 2.43. The first-order valence-corrected chi connectivity index (χ1v) is 8.78. The molecule has 1 aromatic carbocycles. The van der Waals surface area contributed by atoms with Gasteiger partial charge in [-0.25, -0.2) is 0 Å². The average molecular weight is 324 g/mol. The zero-order valence-corrected chi connectivity index (χ0v) is 13.2. The SMILES string of the molecule is O=C(c1n[nH]c2ccc(-c3ccsc3)cc12)C1N[C@@H]2CN[C@@H]1C2. The molecule has 3 atom stereocenters. The Balaban J connectivity index is 1.56. The quantitative estimate of drug-likeness (QED) is 0.646. The largest absolute Gasteiger partial charge is 0.310 e. The fourth-order valence-corrected chi connectivity index (χ4v) is 4.40. The van der Waals surface area contributed by atoms with Crippen LogP contribution in [0.25, 0.3) is 22.0 Å². The number of rotatable bonds is 3. The highest BCUT2D eigenvalue weighted by Crippen LogP contribution is 2.29. The molecule has 0 saturated carbocycles. The van der Waals surface area contributed by atoms with Gasteiger partial charge in [0.15, 0.2) is 0 Å². The Bertz CT molecular complexity index is 885. The molecule has 0 amide bonds. The maximum atomic E-state index is 12.9. The van der Waals surface area contributed by atoms with Crippen molar-refractivity contribution in [2.24, 2.45) is 0 Å². The first kappa shape index (κ1) is 13.4. The minimum atomic E-state index is -0.162. The fraction of sp³-hybridized carbons (Fsp3) is 0.294. The van der Waals surface area contributed by atoms with Crippen LogP contribution in [0.1, 0.15) is 16.9 Å². The molecule has 5 nitrogen and oxygen atoms in total. The molecule has 5 rings (SSSR count). The third-order valence-electron chi connectivity index (χ3n) is 4.92. The van der Waals surface area contributed by atoms with E-state index < -0.39 is 0 Å². The van der Waals surface area contributed by atoms with Gasteiger partial charge in [-0.2, -0.15) is 16.4 Å². The number of Topliss-reactive ketones (excluding diaryl/α,β-unsaturated/α-hetero) is 1. The number of carbonyl (C=O) groups is 1. The summed E-state index contributed by atoms with van der Waals surface area (Å²) in [4.78, 5) is 12.9. The molecule has 2 aromatic heterocycles. The summed E-state index contributed by atoms with van der Waals surface area (Å²) < 4.78 is 0. The Kier molecular flexibility index (Phi) is 2.91. The van der Waals surface area contributed by atoms with Gasteiger partial charge in [0.1, 0.15) is 5.69 Å². The van der Waals surface area contributed by atoms with Crippen LogP contribution in [0, 0.1) is 0 Å². The number of hydrogen-bond donors (Lipinski definition) is 3. The summed E-state index contributed by atoms with van der Waals surface area (Å²) in [5, 5.41) is 19.2. The van der Waals surface area contributed by atoms with Crippen molar-refractivity contribution >= 4 is 28.0 Å². The third kappa shape index (κ3) is 2.06. The molecule has 0 spiro atoms. The van der Waals surface area contributed by atoms with Crippen LogP contribution in [0.5, 0.6) is 0 Å². The molecule has 3 N–H and O–H groups in total. The van der Waals surface area contributed by atoms with Gasteiger partial charge in [0.25, 0.3) is 0 Å². The molecular weight excluding hydrogens is 308 g/mol. The van der Waals surface area contributed by atoms with E-state index in [0.717, 1.165) is 29.4 Å². The van der Waals surface area contributed by atoms with E-state index in [1.807, 2.05) is 6.07 Å². The van der Waals surface area contributed by atoms with E-state index in [2.05, 4.69) is 49.8 Å². The first-order chi connectivity index (χ1) is 11.3. The highest BCUT2D eigenvalue weighted by molar-refractivity contribution is 7.08. The van der Waals surface area contributed by atoms with E-state index >= 15 is 0 Å². The summed E-state index contributed by atoms with van der Waals surface area (Å²) in [7, 11) is 0. The summed E-state index contributed by atoms with van der Waals surface area (Å²) in [5.74, 6) is 0.0819. The summed E-state index contributed by atoms with van der Waals surface area (Å²) in [6.07, 6.45) is 1.03. The molecule has 4 heterocycles. The van der Waals surface area contributed by atoms with Crippen molar-refractivity contribution in [2.75, 3.05) is 6.54 Å². The molecule has 0 aliphatic carbocycles. The molecule has 1 unspecified atom stereocenters. The Hall–Kier alpha value is -2.02. The molecule has 2 aliphatic heterocycles. The van der Waals surface area contributed by atoms with Gasteiger partial charge in [0.05, 0.1) is 11.6 Å². The maximum absolute atomic E-state index is 12.9. The Morgan fingerprint density at radius 2 is 2.22 bits per heavy atom. The Labute approximate surface area is 137 Å². The number of thiophene rings is 1. The van der Waals surface area contributed by atoms with Crippen LogP contribution in [0.15, 0.2) is 35.0 Å². The predicted molar refractivity (Wildman–Crippen MR) is 90.9 cm³/mol. The van der Waals surface area contributed by atoms with Crippen molar-refractivity contribution < 1.29 is 4.79 Å². The van der Waals surface area contributed by atoms with Gasteiger partial charge in [-0.15, -0.1) is 0 Å². The monoisotopic (exact) mass is 324 g/mol. The molecule has 2 bridgehead atoms. The first-order valence-electron chi connectivity index (χ1n) is 7.84. The fourth-order valence-electron chi connectivity index (χ4n) is 3.73. The summed E-state index contributed by atoms with van der Waals surface area (Å²) in [6.45, 7) is 0.956.